The van der Waals surface area contributed by atoms with Crippen molar-refractivity contribution in [3.63, 3.8) is 0 Å². The van der Waals surface area contributed by atoms with E-state index in [0.717, 1.165) is 11.1 Å². The smallest absolute Gasteiger partial charge is 0.258 e. The average Bonchev–Trinajstić information content (AvgIpc) is 2.40. The van der Waals surface area contributed by atoms with Gasteiger partial charge in [-0.15, -0.1) is 0 Å². The molecule has 0 spiro atoms. The number of hydrogen-bond donors (Lipinski definition) is 2. The van der Waals surface area contributed by atoms with Crippen LogP contribution in [0.2, 0.25) is 0 Å². The average molecular weight is 302 g/mol. The largest absolute Gasteiger partial charge is 0.389 e. The minimum atomic E-state index is -0.546. The normalized spacial score (nSPS) is 10.2. The van der Waals surface area contributed by atoms with Gasteiger partial charge < -0.3 is 11.1 Å². The van der Waals surface area contributed by atoms with Crippen molar-refractivity contribution >= 4 is 28.8 Å². The van der Waals surface area contributed by atoms with Crippen molar-refractivity contribution in [1.29, 1.82) is 0 Å². The molecule has 108 valence electrons. The van der Waals surface area contributed by atoms with Crippen LogP contribution in [0.3, 0.4) is 0 Å². The molecule has 0 aliphatic heterocycles. The second kappa shape index (κ2) is 6.01. The molecule has 3 N–H and O–H groups in total. The van der Waals surface area contributed by atoms with Gasteiger partial charge in [0.15, 0.2) is 0 Å². The molecule has 1 amide bonds. The zero-order chi connectivity index (χ0) is 15.6. The van der Waals surface area contributed by atoms with Crippen LogP contribution in [0.1, 0.15) is 27.0 Å². The Labute approximate surface area is 128 Å². The maximum atomic E-state index is 13.8. The van der Waals surface area contributed by atoms with Crippen molar-refractivity contribution in [2.45, 2.75) is 13.8 Å². The lowest BCUT2D eigenvalue weighted by Crippen LogP contribution is -2.16. The minimum absolute atomic E-state index is 0.000674. The highest BCUT2D eigenvalue weighted by Crippen LogP contribution is 2.19. The SMILES string of the molecule is Cc1ccc(C(=O)Nc2cc(C(N)=S)ccc2C)c(F)c1. The first kappa shape index (κ1) is 15.1. The zero-order valence-electron chi connectivity index (χ0n) is 11.7. The first-order valence-electron chi connectivity index (χ1n) is 6.36. The van der Waals surface area contributed by atoms with E-state index in [0.29, 0.717) is 11.3 Å². The third-order valence-electron chi connectivity index (χ3n) is 3.14. The molecule has 0 atom stereocenters. The lowest BCUT2D eigenvalue weighted by molar-refractivity contribution is 0.102. The van der Waals surface area contributed by atoms with Crippen LogP contribution in [-0.4, -0.2) is 10.9 Å². The molecule has 0 heterocycles. The second-order valence-corrected chi connectivity index (χ2v) is 5.27. The number of nitrogens with two attached hydrogens (primary N) is 1. The van der Waals surface area contributed by atoms with E-state index in [2.05, 4.69) is 5.32 Å². The summed E-state index contributed by atoms with van der Waals surface area (Å²) < 4.78 is 13.8. The van der Waals surface area contributed by atoms with E-state index >= 15 is 0 Å². The number of carbonyl (C=O) groups is 1. The van der Waals surface area contributed by atoms with Crippen molar-refractivity contribution < 1.29 is 9.18 Å². The van der Waals surface area contributed by atoms with Crippen LogP contribution in [0.25, 0.3) is 0 Å². The topological polar surface area (TPSA) is 55.1 Å². The third-order valence-corrected chi connectivity index (χ3v) is 3.38. The van der Waals surface area contributed by atoms with Gasteiger partial charge in [0.1, 0.15) is 10.8 Å². The Balaban J connectivity index is 2.31. The Kier molecular flexibility index (Phi) is 4.33. The highest BCUT2D eigenvalue weighted by Gasteiger charge is 2.13. The van der Waals surface area contributed by atoms with E-state index < -0.39 is 11.7 Å². The molecular weight excluding hydrogens is 287 g/mol. The molecule has 2 aromatic carbocycles. The Hall–Kier alpha value is -2.27. The van der Waals surface area contributed by atoms with Crippen molar-refractivity contribution in [1.82, 2.24) is 0 Å². The van der Waals surface area contributed by atoms with E-state index in [9.17, 15) is 9.18 Å². The summed E-state index contributed by atoms with van der Waals surface area (Å²) in [4.78, 5) is 12.4. The Morgan fingerprint density at radius 1 is 1.19 bits per heavy atom. The van der Waals surface area contributed by atoms with E-state index in [1.165, 1.54) is 12.1 Å². The molecule has 0 fully saturated rings. The number of carbonyl (C=O) groups excluding carboxylic acids is 1. The molecule has 2 rings (SSSR count). The summed E-state index contributed by atoms with van der Waals surface area (Å²) in [5, 5.41) is 2.69. The molecule has 0 saturated carbocycles. The fourth-order valence-corrected chi connectivity index (χ4v) is 2.03. The molecule has 0 saturated heterocycles. The van der Waals surface area contributed by atoms with Gasteiger partial charge in [-0.25, -0.2) is 4.39 Å². The molecule has 0 aromatic heterocycles. The zero-order valence-corrected chi connectivity index (χ0v) is 12.6. The van der Waals surface area contributed by atoms with E-state index in [1.54, 1.807) is 31.2 Å². The highest BCUT2D eigenvalue weighted by atomic mass is 32.1. The number of anilines is 1. The van der Waals surface area contributed by atoms with Crippen LogP contribution in [0.5, 0.6) is 0 Å². The van der Waals surface area contributed by atoms with Crippen LogP contribution in [0.4, 0.5) is 10.1 Å². The molecule has 0 bridgehead atoms. The molecule has 0 aliphatic carbocycles. The second-order valence-electron chi connectivity index (χ2n) is 4.83. The van der Waals surface area contributed by atoms with Crippen LogP contribution in [0.15, 0.2) is 36.4 Å². The monoisotopic (exact) mass is 302 g/mol. The molecule has 5 heteroatoms. The summed E-state index contributed by atoms with van der Waals surface area (Å²) in [7, 11) is 0. The van der Waals surface area contributed by atoms with Gasteiger partial charge in [-0.05, 0) is 43.2 Å². The lowest BCUT2D eigenvalue weighted by atomic mass is 10.1. The number of aryl methyl sites for hydroxylation is 2. The fraction of sp³-hybridized carbons (Fsp3) is 0.125. The quantitative estimate of drug-likeness (QED) is 0.855. The number of halogens is 1. The number of thiocarbonyl (C=S) groups is 1. The van der Waals surface area contributed by atoms with Gasteiger partial charge in [0.25, 0.3) is 5.91 Å². The molecular formula is C16H15FN2OS. The number of hydrogen-bond acceptors (Lipinski definition) is 2. The van der Waals surface area contributed by atoms with Gasteiger partial charge in [-0.1, -0.05) is 30.4 Å². The van der Waals surface area contributed by atoms with Gasteiger partial charge in [0, 0.05) is 11.3 Å². The van der Waals surface area contributed by atoms with E-state index in [4.69, 9.17) is 18.0 Å². The molecule has 0 unspecified atom stereocenters. The Bertz CT molecular complexity index is 728. The predicted octanol–water partition coefficient (Wildman–Crippen LogP) is 3.33. The minimum Gasteiger partial charge on any atom is -0.389 e. The van der Waals surface area contributed by atoms with Gasteiger partial charge in [0.2, 0.25) is 0 Å². The van der Waals surface area contributed by atoms with Crippen molar-refractivity contribution in [2.75, 3.05) is 5.32 Å². The Morgan fingerprint density at radius 2 is 1.90 bits per heavy atom. The van der Waals surface area contributed by atoms with E-state index in [1.807, 2.05) is 6.92 Å². The van der Waals surface area contributed by atoms with Gasteiger partial charge in [-0.3, -0.25) is 4.79 Å². The summed E-state index contributed by atoms with van der Waals surface area (Å²) in [6.45, 7) is 3.60. The lowest BCUT2D eigenvalue weighted by Gasteiger charge is -2.11. The Morgan fingerprint density at radius 3 is 2.52 bits per heavy atom. The van der Waals surface area contributed by atoms with Crippen molar-refractivity contribution in [3.05, 3.63) is 64.5 Å². The highest BCUT2D eigenvalue weighted by molar-refractivity contribution is 7.80. The molecule has 0 aliphatic rings. The summed E-state index contributed by atoms with van der Waals surface area (Å²) in [6.07, 6.45) is 0. The summed E-state index contributed by atoms with van der Waals surface area (Å²) in [5.74, 6) is -1.05. The van der Waals surface area contributed by atoms with Crippen LogP contribution in [-0.2, 0) is 0 Å². The summed E-state index contributed by atoms with van der Waals surface area (Å²) >= 11 is 4.91. The molecule has 21 heavy (non-hydrogen) atoms. The number of amides is 1. The molecule has 2 aromatic rings. The predicted molar refractivity (Wildman–Crippen MR) is 86.2 cm³/mol. The van der Waals surface area contributed by atoms with Crippen LogP contribution >= 0.6 is 12.2 Å². The van der Waals surface area contributed by atoms with E-state index in [-0.39, 0.29) is 10.6 Å². The first-order chi connectivity index (χ1) is 9.88. The standard InChI is InChI=1S/C16H15FN2OS/c1-9-3-6-12(13(17)7-9)16(20)19-14-8-11(15(18)21)5-4-10(14)2/h3-8H,1-2H3,(H2,18,21)(H,19,20). The molecule has 3 nitrogen and oxygen atoms in total. The van der Waals surface area contributed by atoms with Gasteiger partial charge in [0.05, 0.1) is 5.56 Å². The fourth-order valence-electron chi connectivity index (χ4n) is 1.90. The van der Waals surface area contributed by atoms with Gasteiger partial charge in [-0.2, -0.15) is 0 Å². The van der Waals surface area contributed by atoms with Crippen molar-refractivity contribution in [3.8, 4) is 0 Å². The van der Waals surface area contributed by atoms with Crippen LogP contribution < -0.4 is 11.1 Å². The summed E-state index contributed by atoms with van der Waals surface area (Å²) in [5.41, 5.74) is 8.39. The first-order valence-corrected chi connectivity index (χ1v) is 6.77. The van der Waals surface area contributed by atoms with Gasteiger partial charge >= 0.3 is 0 Å². The van der Waals surface area contributed by atoms with Crippen molar-refractivity contribution in [2.24, 2.45) is 5.73 Å². The number of nitrogens with one attached hydrogen (secondary N) is 1. The maximum absolute atomic E-state index is 13.8. The third kappa shape index (κ3) is 3.44. The summed E-state index contributed by atoms with van der Waals surface area (Å²) in [6, 6.07) is 9.74. The molecule has 0 radical (unpaired) electrons. The number of rotatable bonds is 3. The maximum Gasteiger partial charge on any atom is 0.258 e. The number of benzene rings is 2. The van der Waals surface area contributed by atoms with Crippen LogP contribution in [0, 0.1) is 19.7 Å².